The number of carboxylic acid groups (broad SMARTS) is 1. The standard InChI is InChI=1S/C15H20F3NO2/c1-9(14(2,3)4)19(5)12-7-6-10(13(20)21)8-11(12)15(16,17)18/h6-9H,1-5H3,(H,20,21). The molecular weight excluding hydrogens is 283 g/mol. The second-order valence-electron chi connectivity index (χ2n) is 6.19. The first kappa shape index (κ1) is 17.3. The lowest BCUT2D eigenvalue weighted by molar-refractivity contribution is -0.137. The highest BCUT2D eigenvalue weighted by molar-refractivity contribution is 5.88. The van der Waals surface area contributed by atoms with Gasteiger partial charge in [0.1, 0.15) is 0 Å². The minimum Gasteiger partial charge on any atom is -0.478 e. The highest BCUT2D eigenvalue weighted by Crippen LogP contribution is 2.39. The van der Waals surface area contributed by atoms with Crippen LogP contribution in [0.4, 0.5) is 18.9 Å². The van der Waals surface area contributed by atoms with Crippen LogP contribution >= 0.6 is 0 Å². The SMILES string of the molecule is CC(N(C)c1ccc(C(=O)O)cc1C(F)(F)F)C(C)(C)C. The molecule has 1 rings (SSSR count). The van der Waals surface area contributed by atoms with Gasteiger partial charge in [0.15, 0.2) is 0 Å². The van der Waals surface area contributed by atoms with E-state index in [4.69, 9.17) is 5.11 Å². The molecular formula is C15H20F3NO2. The summed E-state index contributed by atoms with van der Waals surface area (Å²) in [6.45, 7) is 7.65. The van der Waals surface area contributed by atoms with Gasteiger partial charge in [-0.3, -0.25) is 0 Å². The lowest BCUT2D eigenvalue weighted by atomic mass is 9.86. The van der Waals surface area contributed by atoms with Crippen LogP contribution in [-0.4, -0.2) is 24.2 Å². The van der Waals surface area contributed by atoms with Crippen molar-refractivity contribution in [2.24, 2.45) is 5.41 Å². The summed E-state index contributed by atoms with van der Waals surface area (Å²) >= 11 is 0. The van der Waals surface area contributed by atoms with E-state index >= 15 is 0 Å². The molecule has 0 fully saturated rings. The van der Waals surface area contributed by atoms with E-state index in [1.54, 1.807) is 7.05 Å². The Bertz CT molecular complexity index is 533. The Labute approximate surface area is 122 Å². The van der Waals surface area contributed by atoms with Crippen molar-refractivity contribution in [2.45, 2.75) is 39.9 Å². The van der Waals surface area contributed by atoms with Gasteiger partial charge in [-0.1, -0.05) is 20.8 Å². The first-order valence-electron chi connectivity index (χ1n) is 6.53. The van der Waals surface area contributed by atoms with E-state index in [1.165, 1.54) is 17.0 Å². The molecule has 118 valence electrons. The topological polar surface area (TPSA) is 40.5 Å². The Kier molecular flexibility index (Phi) is 4.60. The fourth-order valence-corrected chi connectivity index (χ4v) is 1.99. The van der Waals surface area contributed by atoms with Crippen molar-refractivity contribution in [2.75, 3.05) is 11.9 Å². The molecule has 0 aliphatic carbocycles. The molecule has 0 spiro atoms. The maximum absolute atomic E-state index is 13.2. The first-order valence-corrected chi connectivity index (χ1v) is 6.53. The second-order valence-corrected chi connectivity index (χ2v) is 6.19. The predicted octanol–water partition coefficient (Wildman–Crippen LogP) is 4.27. The van der Waals surface area contributed by atoms with E-state index in [9.17, 15) is 18.0 Å². The van der Waals surface area contributed by atoms with Gasteiger partial charge < -0.3 is 10.0 Å². The van der Waals surface area contributed by atoms with Crippen LogP contribution < -0.4 is 4.90 Å². The van der Waals surface area contributed by atoms with Crippen molar-refractivity contribution < 1.29 is 23.1 Å². The van der Waals surface area contributed by atoms with E-state index in [-0.39, 0.29) is 22.7 Å². The molecule has 1 unspecified atom stereocenters. The zero-order valence-electron chi connectivity index (χ0n) is 12.7. The number of carboxylic acids is 1. The summed E-state index contributed by atoms with van der Waals surface area (Å²) in [6.07, 6.45) is -4.60. The number of carbonyl (C=O) groups is 1. The number of benzene rings is 1. The van der Waals surface area contributed by atoms with Crippen molar-refractivity contribution in [3.63, 3.8) is 0 Å². The summed E-state index contributed by atoms with van der Waals surface area (Å²) in [4.78, 5) is 12.4. The Morgan fingerprint density at radius 2 is 1.76 bits per heavy atom. The number of hydrogen-bond donors (Lipinski definition) is 1. The largest absolute Gasteiger partial charge is 0.478 e. The van der Waals surface area contributed by atoms with E-state index in [2.05, 4.69) is 0 Å². The third-order valence-corrected chi connectivity index (χ3v) is 3.76. The molecule has 1 aromatic rings. The average molecular weight is 303 g/mol. The lowest BCUT2D eigenvalue weighted by Gasteiger charge is -2.38. The number of rotatable bonds is 3. The fourth-order valence-electron chi connectivity index (χ4n) is 1.99. The molecule has 0 radical (unpaired) electrons. The van der Waals surface area contributed by atoms with Gasteiger partial charge in [0.2, 0.25) is 0 Å². The zero-order chi connectivity index (χ0) is 16.6. The number of halogens is 3. The van der Waals surface area contributed by atoms with E-state index in [0.29, 0.717) is 6.07 Å². The minimum absolute atomic E-state index is 0.0186. The minimum atomic E-state index is -4.60. The quantitative estimate of drug-likeness (QED) is 0.906. The number of aromatic carboxylic acids is 1. The molecule has 1 atom stereocenters. The van der Waals surface area contributed by atoms with Gasteiger partial charge in [-0.25, -0.2) is 4.79 Å². The molecule has 0 saturated carbocycles. The number of alkyl halides is 3. The second kappa shape index (κ2) is 5.58. The van der Waals surface area contributed by atoms with Gasteiger partial charge in [0.05, 0.1) is 11.1 Å². The molecule has 0 heterocycles. The van der Waals surface area contributed by atoms with Crippen LogP contribution in [0.3, 0.4) is 0 Å². The smallest absolute Gasteiger partial charge is 0.418 e. The van der Waals surface area contributed by atoms with E-state index < -0.39 is 17.7 Å². The fraction of sp³-hybridized carbons (Fsp3) is 0.533. The van der Waals surface area contributed by atoms with Gasteiger partial charge in [0.25, 0.3) is 0 Å². The Morgan fingerprint density at radius 3 is 2.14 bits per heavy atom. The maximum atomic E-state index is 13.2. The lowest BCUT2D eigenvalue weighted by Crippen LogP contribution is -2.40. The zero-order valence-corrected chi connectivity index (χ0v) is 12.7. The molecule has 0 saturated heterocycles. The van der Waals surface area contributed by atoms with Crippen LogP contribution in [-0.2, 0) is 6.18 Å². The number of nitrogens with zero attached hydrogens (tertiary/aromatic N) is 1. The normalized spacial score (nSPS) is 13.9. The summed E-state index contributed by atoms with van der Waals surface area (Å²) in [6, 6.07) is 2.94. The molecule has 0 aliphatic rings. The van der Waals surface area contributed by atoms with Crippen molar-refractivity contribution in [3.8, 4) is 0 Å². The van der Waals surface area contributed by atoms with Crippen LogP contribution in [0.15, 0.2) is 18.2 Å². The van der Waals surface area contributed by atoms with Gasteiger partial charge >= 0.3 is 12.1 Å². The number of anilines is 1. The third kappa shape index (κ3) is 3.89. The van der Waals surface area contributed by atoms with Crippen LogP contribution in [0, 0.1) is 5.41 Å². The summed E-state index contributed by atoms with van der Waals surface area (Å²) in [7, 11) is 1.58. The first-order chi connectivity index (χ1) is 9.35. The van der Waals surface area contributed by atoms with E-state index in [1.807, 2.05) is 27.7 Å². The molecule has 1 N–H and O–H groups in total. The van der Waals surface area contributed by atoms with Gasteiger partial charge in [-0.15, -0.1) is 0 Å². The van der Waals surface area contributed by atoms with Crippen molar-refractivity contribution >= 4 is 11.7 Å². The average Bonchev–Trinajstić information content (AvgIpc) is 2.34. The Hall–Kier alpha value is -1.72. The molecule has 3 nitrogen and oxygen atoms in total. The molecule has 6 heteroatoms. The van der Waals surface area contributed by atoms with Gasteiger partial charge in [-0.2, -0.15) is 13.2 Å². The summed E-state index contributed by atoms with van der Waals surface area (Å²) < 4.78 is 39.6. The monoisotopic (exact) mass is 303 g/mol. The van der Waals surface area contributed by atoms with Crippen LogP contribution in [0.5, 0.6) is 0 Å². The summed E-state index contributed by atoms with van der Waals surface area (Å²) in [5.74, 6) is -1.38. The molecule has 0 bridgehead atoms. The molecule has 0 amide bonds. The van der Waals surface area contributed by atoms with E-state index in [0.717, 1.165) is 0 Å². The highest BCUT2D eigenvalue weighted by atomic mass is 19.4. The predicted molar refractivity (Wildman–Crippen MR) is 75.7 cm³/mol. The molecule has 0 aliphatic heterocycles. The number of hydrogen-bond acceptors (Lipinski definition) is 2. The highest BCUT2D eigenvalue weighted by Gasteiger charge is 2.37. The van der Waals surface area contributed by atoms with Crippen molar-refractivity contribution in [1.82, 2.24) is 0 Å². The summed E-state index contributed by atoms with van der Waals surface area (Å²) in [5.41, 5.74) is -1.54. The van der Waals surface area contributed by atoms with Crippen LogP contribution in [0.2, 0.25) is 0 Å². The third-order valence-electron chi connectivity index (χ3n) is 3.76. The van der Waals surface area contributed by atoms with Crippen molar-refractivity contribution in [3.05, 3.63) is 29.3 Å². The molecule has 0 aromatic heterocycles. The van der Waals surface area contributed by atoms with Crippen molar-refractivity contribution in [1.29, 1.82) is 0 Å². The molecule has 1 aromatic carbocycles. The Balaban J connectivity index is 3.39. The summed E-state index contributed by atoms with van der Waals surface area (Å²) in [5, 5.41) is 8.86. The molecule has 21 heavy (non-hydrogen) atoms. The van der Waals surface area contributed by atoms with Gasteiger partial charge in [0, 0.05) is 18.8 Å². The van der Waals surface area contributed by atoms with Crippen LogP contribution in [0.25, 0.3) is 0 Å². The van der Waals surface area contributed by atoms with Gasteiger partial charge in [-0.05, 0) is 30.5 Å². The Morgan fingerprint density at radius 1 is 1.24 bits per heavy atom. The maximum Gasteiger partial charge on any atom is 0.418 e. The van der Waals surface area contributed by atoms with Crippen LogP contribution in [0.1, 0.15) is 43.6 Å².